The highest BCUT2D eigenvalue weighted by Crippen LogP contribution is 2.40. The lowest BCUT2D eigenvalue weighted by molar-refractivity contribution is -0.129. The van der Waals surface area contributed by atoms with Crippen LogP contribution in [0.2, 0.25) is 0 Å². The SMILES string of the molecule is Cc1ccccc1OCCCC(=O)NC1CC(O)C1(C)C. The Labute approximate surface area is 126 Å². The molecule has 2 unspecified atom stereocenters. The number of carbonyl (C=O) groups excluding carboxylic acids is 1. The number of aryl methyl sites for hydroxylation is 1. The number of hydrogen-bond acceptors (Lipinski definition) is 3. The highest BCUT2D eigenvalue weighted by atomic mass is 16.5. The molecule has 21 heavy (non-hydrogen) atoms. The predicted molar refractivity (Wildman–Crippen MR) is 82.2 cm³/mol. The number of nitrogens with one attached hydrogen (secondary N) is 1. The van der Waals surface area contributed by atoms with Gasteiger partial charge in [-0.25, -0.2) is 0 Å². The second-order valence-corrected chi connectivity index (χ2v) is 6.41. The molecule has 1 amide bonds. The van der Waals surface area contributed by atoms with E-state index in [9.17, 15) is 9.90 Å². The molecule has 0 aromatic heterocycles. The van der Waals surface area contributed by atoms with E-state index >= 15 is 0 Å². The van der Waals surface area contributed by atoms with Crippen molar-refractivity contribution in [3.63, 3.8) is 0 Å². The Balaban J connectivity index is 1.65. The highest BCUT2D eigenvalue weighted by Gasteiger charge is 2.47. The number of hydrogen-bond donors (Lipinski definition) is 2. The molecule has 2 atom stereocenters. The number of aliphatic hydroxyl groups excluding tert-OH is 1. The molecule has 0 radical (unpaired) electrons. The maximum Gasteiger partial charge on any atom is 0.220 e. The minimum Gasteiger partial charge on any atom is -0.493 e. The van der Waals surface area contributed by atoms with Crippen molar-refractivity contribution < 1.29 is 14.6 Å². The molecule has 4 nitrogen and oxygen atoms in total. The molecule has 0 spiro atoms. The molecular formula is C17H25NO3. The molecule has 2 rings (SSSR count). The fourth-order valence-corrected chi connectivity index (χ4v) is 2.55. The van der Waals surface area contributed by atoms with Gasteiger partial charge in [-0.15, -0.1) is 0 Å². The number of para-hydroxylation sites is 1. The van der Waals surface area contributed by atoms with Crippen LogP contribution in [0.5, 0.6) is 5.75 Å². The molecule has 0 aliphatic heterocycles. The van der Waals surface area contributed by atoms with Gasteiger partial charge in [0.15, 0.2) is 0 Å². The number of carbonyl (C=O) groups is 1. The van der Waals surface area contributed by atoms with Gasteiger partial charge in [-0.05, 0) is 31.4 Å². The van der Waals surface area contributed by atoms with Gasteiger partial charge in [-0.3, -0.25) is 4.79 Å². The minimum atomic E-state index is -0.313. The van der Waals surface area contributed by atoms with E-state index in [0.717, 1.165) is 11.3 Å². The van der Waals surface area contributed by atoms with E-state index in [1.54, 1.807) is 0 Å². The van der Waals surface area contributed by atoms with E-state index in [2.05, 4.69) is 5.32 Å². The third-order valence-electron chi connectivity index (χ3n) is 4.45. The van der Waals surface area contributed by atoms with Crippen LogP contribution in [-0.4, -0.2) is 29.8 Å². The van der Waals surface area contributed by atoms with Crippen molar-refractivity contribution in [1.29, 1.82) is 0 Å². The van der Waals surface area contributed by atoms with Gasteiger partial charge in [0.05, 0.1) is 12.7 Å². The number of amides is 1. The molecule has 0 heterocycles. The first kappa shape index (κ1) is 15.8. The van der Waals surface area contributed by atoms with Crippen LogP contribution in [0.25, 0.3) is 0 Å². The molecule has 4 heteroatoms. The Morgan fingerprint density at radius 3 is 2.76 bits per heavy atom. The average Bonchev–Trinajstić information content (AvgIpc) is 2.45. The van der Waals surface area contributed by atoms with Crippen LogP contribution in [-0.2, 0) is 4.79 Å². The minimum absolute atomic E-state index is 0.0355. The summed E-state index contributed by atoms with van der Waals surface area (Å²) in [5.74, 6) is 0.912. The van der Waals surface area contributed by atoms with E-state index in [1.165, 1.54) is 0 Å². The normalized spacial score (nSPS) is 23.2. The van der Waals surface area contributed by atoms with Crippen molar-refractivity contribution in [2.45, 2.75) is 52.2 Å². The van der Waals surface area contributed by atoms with Gasteiger partial charge in [0.1, 0.15) is 5.75 Å². The van der Waals surface area contributed by atoms with Crippen LogP contribution in [0.15, 0.2) is 24.3 Å². The smallest absolute Gasteiger partial charge is 0.220 e. The lowest BCUT2D eigenvalue weighted by Gasteiger charge is -2.49. The van der Waals surface area contributed by atoms with Crippen molar-refractivity contribution in [2.24, 2.45) is 5.41 Å². The summed E-state index contributed by atoms with van der Waals surface area (Å²) < 4.78 is 5.67. The zero-order valence-electron chi connectivity index (χ0n) is 13.1. The molecule has 1 fully saturated rings. The van der Waals surface area contributed by atoms with Crippen LogP contribution in [0.1, 0.15) is 38.7 Å². The Hall–Kier alpha value is -1.55. The number of ether oxygens (including phenoxy) is 1. The zero-order chi connectivity index (χ0) is 15.5. The number of aliphatic hydroxyl groups is 1. The molecule has 0 bridgehead atoms. The summed E-state index contributed by atoms with van der Waals surface area (Å²) in [6, 6.07) is 7.95. The van der Waals surface area contributed by atoms with Gasteiger partial charge in [-0.1, -0.05) is 32.0 Å². The van der Waals surface area contributed by atoms with Crippen molar-refractivity contribution in [3.8, 4) is 5.75 Å². The highest BCUT2D eigenvalue weighted by molar-refractivity contribution is 5.76. The summed E-state index contributed by atoms with van der Waals surface area (Å²) in [4.78, 5) is 11.9. The maximum atomic E-state index is 11.9. The zero-order valence-corrected chi connectivity index (χ0v) is 13.1. The van der Waals surface area contributed by atoms with Crippen molar-refractivity contribution >= 4 is 5.91 Å². The van der Waals surface area contributed by atoms with Crippen molar-refractivity contribution in [3.05, 3.63) is 29.8 Å². The Bertz CT molecular complexity index is 499. The van der Waals surface area contributed by atoms with Gasteiger partial charge < -0.3 is 15.2 Å². The van der Waals surface area contributed by atoms with E-state index in [4.69, 9.17) is 4.74 Å². The van der Waals surface area contributed by atoms with Crippen LogP contribution in [0, 0.1) is 12.3 Å². The number of rotatable bonds is 6. The van der Waals surface area contributed by atoms with Crippen LogP contribution < -0.4 is 10.1 Å². The summed E-state index contributed by atoms with van der Waals surface area (Å²) in [7, 11) is 0. The first-order valence-corrected chi connectivity index (χ1v) is 7.57. The molecule has 1 aromatic carbocycles. The second kappa shape index (κ2) is 6.48. The Kier molecular flexibility index (Phi) is 4.88. The third-order valence-corrected chi connectivity index (χ3v) is 4.45. The molecule has 1 aliphatic rings. The topological polar surface area (TPSA) is 58.6 Å². The Morgan fingerprint density at radius 1 is 1.43 bits per heavy atom. The fourth-order valence-electron chi connectivity index (χ4n) is 2.55. The van der Waals surface area contributed by atoms with Gasteiger partial charge in [0.25, 0.3) is 0 Å². The molecule has 116 valence electrons. The predicted octanol–water partition coefficient (Wildman–Crippen LogP) is 2.43. The van der Waals surface area contributed by atoms with Gasteiger partial charge in [0.2, 0.25) is 5.91 Å². The summed E-state index contributed by atoms with van der Waals surface area (Å²) in [6.07, 6.45) is 1.48. The molecule has 1 aliphatic carbocycles. The van der Waals surface area contributed by atoms with Gasteiger partial charge in [0, 0.05) is 17.9 Å². The van der Waals surface area contributed by atoms with Gasteiger partial charge in [-0.2, -0.15) is 0 Å². The van der Waals surface area contributed by atoms with Gasteiger partial charge >= 0.3 is 0 Å². The fraction of sp³-hybridized carbons (Fsp3) is 0.588. The summed E-state index contributed by atoms with van der Waals surface area (Å²) in [5, 5.41) is 12.6. The molecule has 1 saturated carbocycles. The summed E-state index contributed by atoms with van der Waals surface area (Å²) in [6.45, 7) is 6.50. The van der Waals surface area contributed by atoms with Crippen molar-refractivity contribution in [1.82, 2.24) is 5.32 Å². The summed E-state index contributed by atoms with van der Waals surface area (Å²) in [5.41, 5.74) is 0.889. The lowest BCUT2D eigenvalue weighted by atomic mass is 9.64. The number of benzene rings is 1. The largest absolute Gasteiger partial charge is 0.493 e. The summed E-state index contributed by atoms with van der Waals surface area (Å²) >= 11 is 0. The lowest BCUT2D eigenvalue weighted by Crippen LogP contribution is -2.61. The first-order chi connectivity index (χ1) is 9.91. The third kappa shape index (κ3) is 3.76. The van der Waals surface area contributed by atoms with Crippen LogP contribution in [0.4, 0.5) is 0 Å². The maximum absolute atomic E-state index is 11.9. The monoisotopic (exact) mass is 291 g/mol. The molecule has 1 aromatic rings. The van der Waals surface area contributed by atoms with Crippen LogP contribution in [0.3, 0.4) is 0 Å². The van der Waals surface area contributed by atoms with E-state index in [0.29, 0.717) is 25.9 Å². The average molecular weight is 291 g/mol. The van der Waals surface area contributed by atoms with E-state index in [-0.39, 0.29) is 23.5 Å². The standard InChI is InChI=1S/C17H25NO3/c1-12-7-4-5-8-13(12)21-10-6-9-16(20)18-14-11-15(19)17(14,2)3/h4-5,7-8,14-15,19H,6,9-11H2,1-3H3,(H,18,20). The first-order valence-electron chi connectivity index (χ1n) is 7.57. The van der Waals surface area contributed by atoms with E-state index < -0.39 is 0 Å². The second-order valence-electron chi connectivity index (χ2n) is 6.41. The van der Waals surface area contributed by atoms with Crippen LogP contribution >= 0.6 is 0 Å². The van der Waals surface area contributed by atoms with E-state index in [1.807, 2.05) is 45.0 Å². The molecule has 2 N–H and O–H groups in total. The molecular weight excluding hydrogens is 266 g/mol. The van der Waals surface area contributed by atoms with Crippen molar-refractivity contribution in [2.75, 3.05) is 6.61 Å². The Morgan fingerprint density at radius 2 is 2.14 bits per heavy atom. The molecule has 0 saturated heterocycles. The quantitative estimate of drug-likeness (QED) is 0.791.